The molecule has 3 aromatic rings. The first-order valence-electron chi connectivity index (χ1n) is 9.32. The predicted molar refractivity (Wildman–Crippen MR) is 114 cm³/mol. The average Bonchev–Trinajstić information content (AvgIpc) is 3.11. The Bertz CT molecular complexity index is 981. The molecule has 1 N–H and O–H groups in total. The van der Waals surface area contributed by atoms with Crippen molar-refractivity contribution in [3.8, 4) is 11.5 Å². The topological polar surface area (TPSA) is 68.0 Å². The van der Waals surface area contributed by atoms with Crippen LogP contribution in [-0.2, 0) is 4.79 Å². The molecule has 1 amide bonds. The summed E-state index contributed by atoms with van der Waals surface area (Å²) in [7, 11) is 0. The van der Waals surface area contributed by atoms with Gasteiger partial charge in [-0.15, -0.1) is 10.2 Å². The summed E-state index contributed by atoms with van der Waals surface area (Å²) in [6.45, 7) is 10.1. The highest BCUT2D eigenvalue weighted by atomic mass is 32.2. The predicted octanol–water partition coefficient (Wildman–Crippen LogP) is 5.60. The number of benzene rings is 2. The van der Waals surface area contributed by atoms with Gasteiger partial charge in [-0.1, -0.05) is 61.5 Å². The minimum Gasteiger partial charge on any atom is -0.411 e. The van der Waals surface area contributed by atoms with Crippen molar-refractivity contribution in [1.82, 2.24) is 10.2 Å². The first kappa shape index (κ1) is 20.1. The van der Waals surface area contributed by atoms with E-state index in [2.05, 4.69) is 35.4 Å². The fourth-order valence-corrected chi connectivity index (χ4v) is 3.61. The molecule has 6 heteroatoms. The lowest BCUT2D eigenvalue weighted by atomic mass is 9.98. The first-order chi connectivity index (χ1) is 13.3. The molecule has 2 aromatic carbocycles. The van der Waals surface area contributed by atoms with Crippen molar-refractivity contribution >= 4 is 23.4 Å². The van der Waals surface area contributed by atoms with Crippen molar-refractivity contribution in [2.75, 3.05) is 5.32 Å². The van der Waals surface area contributed by atoms with E-state index in [1.165, 1.54) is 11.8 Å². The number of hydrogen-bond acceptors (Lipinski definition) is 5. The molecule has 1 heterocycles. The van der Waals surface area contributed by atoms with Gasteiger partial charge in [-0.3, -0.25) is 4.79 Å². The van der Waals surface area contributed by atoms with Gasteiger partial charge in [-0.2, -0.15) is 0 Å². The molecule has 5 nitrogen and oxygen atoms in total. The van der Waals surface area contributed by atoms with Gasteiger partial charge in [0.05, 0.1) is 5.25 Å². The molecular formula is C22H25N3O2S. The van der Waals surface area contributed by atoms with Gasteiger partial charge in [0.15, 0.2) is 0 Å². The average molecular weight is 396 g/mol. The number of aromatic nitrogens is 2. The second kappa shape index (κ2) is 8.61. The standard InChI is InChI=1S/C22H25N3O2S/c1-13(2)18-11-7-9-15(4)19(18)23-20(26)16(5)28-22-25-24-21(27-22)17-10-6-8-14(3)12-17/h6-13,16H,1-5H3,(H,23,26)/t16-/m0/s1. The van der Waals surface area contributed by atoms with Crippen LogP contribution in [0.2, 0.25) is 0 Å². The zero-order valence-electron chi connectivity index (χ0n) is 16.8. The highest BCUT2D eigenvalue weighted by Crippen LogP contribution is 2.30. The molecule has 0 radical (unpaired) electrons. The van der Waals surface area contributed by atoms with Gasteiger partial charge in [0.2, 0.25) is 11.8 Å². The Morgan fingerprint density at radius 1 is 1.07 bits per heavy atom. The zero-order chi connectivity index (χ0) is 20.3. The van der Waals surface area contributed by atoms with Gasteiger partial charge in [0, 0.05) is 11.3 Å². The van der Waals surface area contributed by atoms with Crippen LogP contribution in [-0.4, -0.2) is 21.4 Å². The number of para-hydroxylation sites is 1. The Morgan fingerprint density at radius 3 is 2.54 bits per heavy atom. The van der Waals surface area contributed by atoms with Crippen molar-refractivity contribution in [2.45, 2.75) is 51.0 Å². The quantitative estimate of drug-likeness (QED) is 0.551. The zero-order valence-corrected chi connectivity index (χ0v) is 17.6. The van der Waals surface area contributed by atoms with E-state index in [4.69, 9.17) is 4.42 Å². The fraction of sp³-hybridized carbons (Fsp3) is 0.318. The third-order valence-electron chi connectivity index (χ3n) is 4.49. The van der Waals surface area contributed by atoms with E-state index in [9.17, 15) is 4.79 Å². The Balaban J connectivity index is 1.71. The van der Waals surface area contributed by atoms with Gasteiger partial charge in [0.25, 0.3) is 5.22 Å². The lowest BCUT2D eigenvalue weighted by Gasteiger charge is -2.18. The second-order valence-electron chi connectivity index (χ2n) is 7.19. The summed E-state index contributed by atoms with van der Waals surface area (Å²) in [5, 5.41) is 11.3. The molecule has 0 aliphatic carbocycles. The third kappa shape index (κ3) is 4.62. The number of aryl methyl sites for hydroxylation is 2. The van der Waals surface area contributed by atoms with Gasteiger partial charge >= 0.3 is 0 Å². The molecule has 28 heavy (non-hydrogen) atoms. The Kier molecular flexibility index (Phi) is 6.19. The molecule has 146 valence electrons. The van der Waals surface area contributed by atoms with E-state index in [-0.39, 0.29) is 11.2 Å². The van der Waals surface area contributed by atoms with Crippen LogP contribution in [0.3, 0.4) is 0 Å². The lowest BCUT2D eigenvalue weighted by molar-refractivity contribution is -0.115. The van der Waals surface area contributed by atoms with Crippen LogP contribution < -0.4 is 5.32 Å². The molecule has 0 fully saturated rings. The maximum Gasteiger partial charge on any atom is 0.277 e. The smallest absolute Gasteiger partial charge is 0.277 e. The summed E-state index contributed by atoms with van der Waals surface area (Å²) in [6.07, 6.45) is 0. The molecule has 0 unspecified atom stereocenters. The van der Waals surface area contributed by atoms with Crippen molar-refractivity contribution < 1.29 is 9.21 Å². The van der Waals surface area contributed by atoms with Gasteiger partial charge in [0.1, 0.15) is 0 Å². The number of rotatable bonds is 6. The summed E-state index contributed by atoms with van der Waals surface area (Å²) in [6, 6.07) is 14.0. The van der Waals surface area contributed by atoms with Crippen LogP contribution >= 0.6 is 11.8 Å². The third-order valence-corrected chi connectivity index (χ3v) is 5.43. The molecule has 0 aliphatic rings. The van der Waals surface area contributed by atoms with Crippen molar-refractivity contribution in [3.63, 3.8) is 0 Å². The van der Waals surface area contributed by atoms with Crippen molar-refractivity contribution in [1.29, 1.82) is 0 Å². The van der Waals surface area contributed by atoms with Gasteiger partial charge in [-0.25, -0.2) is 0 Å². The maximum absolute atomic E-state index is 12.7. The van der Waals surface area contributed by atoms with Crippen LogP contribution in [0, 0.1) is 13.8 Å². The Hall–Kier alpha value is -2.60. The van der Waals surface area contributed by atoms with E-state index in [1.54, 1.807) is 0 Å². The molecule has 3 rings (SSSR count). The number of hydrogen-bond donors (Lipinski definition) is 1. The number of nitrogens with one attached hydrogen (secondary N) is 1. The Morgan fingerprint density at radius 2 is 1.82 bits per heavy atom. The summed E-state index contributed by atoms with van der Waals surface area (Å²) >= 11 is 1.26. The number of anilines is 1. The second-order valence-corrected chi connectivity index (χ2v) is 8.48. The van der Waals surface area contributed by atoms with Crippen LogP contribution in [0.15, 0.2) is 52.1 Å². The van der Waals surface area contributed by atoms with E-state index in [0.717, 1.165) is 27.9 Å². The number of carbonyl (C=O) groups is 1. The molecule has 0 spiro atoms. The number of nitrogens with zero attached hydrogens (tertiary/aromatic N) is 2. The molecule has 0 saturated heterocycles. The van der Waals surface area contributed by atoms with Crippen LogP contribution in [0.1, 0.15) is 43.4 Å². The maximum atomic E-state index is 12.7. The van der Waals surface area contributed by atoms with Gasteiger partial charge < -0.3 is 9.73 Å². The molecule has 0 aliphatic heterocycles. The number of amides is 1. The molecule has 1 aromatic heterocycles. The summed E-state index contributed by atoms with van der Waals surface area (Å²) < 4.78 is 5.74. The monoisotopic (exact) mass is 395 g/mol. The summed E-state index contributed by atoms with van der Waals surface area (Å²) in [5.41, 5.74) is 5.07. The molecular weight excluding hydrogens is 370 g/mol. The van der Waals surface area contributed by atoms with E-state index in [0.29, 0.717) is 17.0 Å². The number of carbonyl (C=O) groups excluding carboxylic acids is 1. The normalized spacial score (nSPS) is 12.2. The highest BCUT2D eigenvalue weighted by molar-refractivity contribution is 8.00. The SMILES string of the molecule is Cc1cccc(-c2nnc(S[C@@H](C)C(=O)Nc3c(C)cccc3C(C)C)o2)c1. The minimum atomic E-state index is -0.370. The van der Waals surface area contributed by atoms with Crippen LogP contribution in [0.25, 0.3) is 11.5 Å². The molecule has 1 atom stereocenters. The van der Waals surface area contributed by atoms with E-state index >= 15 is 0 Å². The Labute approximate surface area is 170 Å². The first-order valence-corrected chi connectivity index (χ1v) is 10.2. The van der Waals surface area contributed by atoms with Crippen LogP contribution in [0.4, 0.5) is 5.69 Å². The largest absolute Gasteiger partial charge is 0.411 e. The minimum absolute atomic E-state index is 0.0866. The van der Waals surface area contributed by atoms with Crippen molar-refractivity contribution in [2.24, 2.45) is 0 Å². The summed E-state index contributed by atoms with van der Waals surface area (Å²) in [4.78, 5) is 12.7. The molecule has 0 saturated carbocycles. The van der Waals surface area contributed by atoms with E-state index in [1.807, 2.05) is 57.2 Å². The molecule has 0 bridgehead atoms. The van der Waals surface area contributed by atoms with Crippen molar-refractivity contribution in [3.05, 3.63) is 59.2 Å². The highest BCUT2D eigenvalue weighted by Gasteiger charge is 2.21. The van der Waals surface area contributed by atoms with Crippen LogP contribution in [0.5, 0.6) is 0 Å². The lowest BCUT2D eigenvalue weighted by Crippen LogP contribution is -2.23. The number of thioether (sulfide) groups is 1. The van der Waals surface area contributed by atoms with Gasteiger partial charge in [-0.05, 0) is 49.9 Å². The summed E-state index contributed by atoms with van der Waals surface area (Å²) in [5.74, 6) is 0.697. The fourth-order valence-electron chi connectivity index (χ4n) is 2.92. The van der Waals surface area contributed by atoms with E-state index < -0.39 is 0 Å².